The van der Waals surface area contributed by atoms with E-state index in [1.165, 1.54) is 11.3 Å². The zero-order valence-electron chi connectivity index (χ0n) is 9.51. The van der Waals surface area contributed by atoms with Crippen LogP contribution >= 0.6 is 23.1 Å². The summed E-state index contributed by atoms with van der Waals surface area (Å²) in [5.74, 6) is -0.103. The maximum absolute atomic E-state index is 12.0. The molecule has 0 fully saturated rings. The lowest BCUT2D eigenvalue weighted by Gasteiger charge is -2.07. The van der Waals surface area contributed by atoms with Crippen molar-refractivity contribution >= 4 is 45.7 Å². The topological polar surface area (TPSA) is 54.9 Å². The lowest BCUT2D eigenvalue weighted by atomic mass is 10.1. The number of carbonyl (C=O) groups is 1. The molecule has 18 heavy (non-hydrogen) atoms. The van der Waals surface area contributed by atoms with Gasteiger partial charge in [-0.3, -0.25) is 4.79 Å². The second-order valence-electron chi connectivity index (χ2n) is 3.82. The van der Waals surface area contributed by atoms with Crippen molar-refractivity contribution in [2.75, 3.05) is 5.32 Å². The number of nitrogens with one attached hydrogen (secondary N) is 1. The van der Waals surface area contributed by atoms with Gasteiger partial charge in [0.25, 0.3) is 5.91 Å². The van der Waals surface area contributed by atoms with E-state index >= 15 is 0 Å². The Hall–Kier alpha value is -1.79. The molecular weight excluding hydrogens is 266 g/mol. The summed E-state index contributed by atoms with van der Waals surface area (Å²) >= 11 is 2.57. The van der Waals surface area contributed by atoms with Crippen LogP contribution in [0.3, 0.4) is 0 Å². The molecular formula is C12H9N3OS2. The molecule has 90 valence electrons. The van der Waals surface area contributed by atoms with E-state index in [9.17, 15) is 4.79 Å². The van der Waals surface area contributed by atoms with Crippen molar-refractivity contribution < 1.29 is 4.79 Å². The number of carbonyl (C=O) groups excluding carboxylic acids is 1. The third-order valence-electron chi connectivity index (χ3n) is 2.62. The monoisotopic (exact) mass is 275 g/mol. The molecule has 0 aliphatic rings. The predicted molar refractivity (Wildman–Crippen MR) is 74.4 cm³/mol. The van der Waals surface area contributed by atoms with E-state index in [0.717, 1.165) is 34.0 Å². The Kier molecular flexibility index (Phi) is 2.81. The smallest absolute Gasteiger partial charge is 0.265 e. The Morgan fingerprint density at radius 3 is 2.94 bits per heavy atom. The van der Waals surface area contributed by atoms with Gasteiger partial charge in [0.2, 0.25) is 0 Å². The van der Waals surface area contributed by atoms with Crippen LogP contribution in [-0.2, 0) is 0 Å². The van der Waals surface area contributed by atoms with Gasteiger partial charge >= 0.3 is 0 Å². The summed E-state index contributed by atoms with van der Waals surface area (Å²) in [6.07, 6.45) is 0. The van der Waals surface area contributed by atoms with Gasteiger partial charge in [-0.15, -0.1) is 11.3 Å². The average molecular weight is 275 g/mol. The van der Waals surface area contributed by atoms with E-state index in [0.29, 0.717) is 4.88 Å². The van der Waals surface area contributed by atoms with Crippen LogP contribution in [0.25, 0.3) is 11.0 Å². The number of aromatic nitrogens is 2. The van der Waals surface area contributed by atoms with Crippen LogP contribution in [0.15, 0.2) is 29.6 Å². The number of aryl methyl sites for hydroxylation is 1. The summed E-state index contributed by atoms with van der Waals surface area (Å²) in [5, 5.41) is 4.80. The van der Waals surface area contributed by atoms with Gasteiger partial charge in [-0.05, 0) is 30.0 Å². The van der Waals surface area contributed by atoms with Crippen LogP contribution in [0.1, 0.15) is 15.2 Å². The lowest BCUT2D eigenvalue weighted by molar-refractivity contribution is 0.103. The Labute approximate surface area is 112 Å². The minimum Gasteiger partial charge on any atom is -0.319 e. The van der Waals surface area contributed by atoms with E-state index in [1.807, 2.05) is 30.5 Å². The molecule has 1 N–H and O–H groups in total. The van der Waals surface area contributed by atoms with E-state index in [2.05, 4.69) is 14.1 Å². The highest BCUT2D eigenvalue weighted by Gasteiger charge is 2.13. The lowest BCUT2D eigenvalue weighted by Crippen LogP contribution is -2.11. The number of fused-ring (bicyclic) bond motifs is 1. The summed E-state index contributed by atoms with van der Waals surface area (Å²) in [6.45, 7) is 1.95. The van der Waals surface area contributed by atoms with Crippen molar-refractivity contribution in [2.24, 2.45) is 0 Å². The minimum absolute atomic E-state index is 0.103. The summed E-state index contributed by atoms with van der Waals surface area (Å²) in [7, 11) is 0. The molecule has 6 heteroatoms. The molecule has 0 atom stereocenters. The van der Waals surface area contributed by atoms with E-state index in [1.54, 1.807) is 6.07 Å². The van der Waals surface area contributed by atoms with Crippen molar-refractivity contribution in [1.29, 1.82) is 0 Å². The van der Waals surface area contributed by atoms with Gasteiger partial charge in [0.05, 0.1) is 22.3 Å². The Morgan fingerprint density at radius 1 is 1.28 bits per heavy atom. The van der Waals surface area contributed by atoms with Crippen LogP contribution in [-0.4, -0.2) is 14.7 Å². The first kappa shape index (κ1) is 11.3. The molecule has 0 radical (unpaired) electrons. The van der Waals surface area contributed by atoms with Gasteiger partial charge in [0.15, 0.2) is 0 Å². The van der Waals surface area contributed by atoms with Crippen LogP contribution < -0.4 is 5.32 Å². The highest BCUT2D eigenvalue weighted by atomic mass is 32.1. The first-order valence-electron chi connectivity index (χ1n) is 5.32. The molecule has 3 aromatic rings. The highest BCUT2D eigenvalue weighted by molar-refractivity contribution is 7.12. The maximum atomic E-state index is 12.0. The standard InChI is InChI=1S/C12H9N3OS2/c1-7-4-5-8-11(15-18-14-8)10(7)13-12(16)9-3-2-6-17-9/h2-6H,1H3,(H,13,16). The SMILES string of the molecule is Cc1ccc2nsnc2c1NC(=O)c1cccs1. The Morgan fingerprint density at radius 2 is 2.17 bits per heavy atom. The van der Waals surface area contributed by atoms with Crippen LogP contribution in [0, 0.1) is 6.92 Å². The van der Waals surface area contributed by atoms with Crippen LogP contribution in [0.2, 0.25) is 0 Å². The summed E-state index contributed by atoms with van der Waals surface area (Å²) < 4.78 is 8.41. The molecule has 4 nitrogen and oxygen atoms in total. The zero-order valence-corrected chi connectivity index (χ0v) is 11.1. The largest absolute Gasteiger partial charge is 0.319 e. The fourth-order valence-electron chi connectivity index (χ4n) is 1.69. The predicted octanol–water partition coefficient (Wildman–Crippen LogP) is 3.31. The first-order valence-corrected chi connectivity index (χ1v) is 6.93. The molecule has 0 bridgehead atoms. The zero-order chi connectivity index (χ0) is 12.5. The van der Waals surface area contributed by atoms with E-state index < -0.39 is 0 Å². The molecule has 1 aromatic carbocycles. The van der Waals surface area contributed by atoms with Gasteiger partial charge in [0.1, 0.15) is 11.0 Å². The van der Waals surface area contributed by atoms with Crippen molar-refractivity contribution in [3.63, 3.8) is 0 Å². The van der Waals surface area contributed by atoms with Crippen molar-refractivity contribution in [2.45, 2.75) is 6.92 Å². The molecule has 2 aromatic heterocycles. The van der Waals surface area contributed by atoms with Gasteiger partial charge < -0.3 is 5.32 Å². The number of hydrogen-bond donors (Lipinski definition) is 1. The fraction of sp³-hybridized carbons (Fsp3) is 0.0833. The normalized spacial score (nSPS) is 10.7. The number of thiophene rings is 1. The second-order valence-corrected chi connectivity index (χ2v) is 5.30. The minimum atomic E-state index is -0.103. The van der Waals surface area contributed by atoms with E-state index in [4.69, 9.17) is 0 Å². The highest BCUT2D eigenvalue weighted by Crippen LogP contribution is 2.26. The van der Waals surface area contributed by atoms with Gasteiger partial charge in [-0.1, -0.05) is 12.1 Å². The molecule has 0 unspecified atom stereocenters. The summed E-state index contributed by atoms with van der Waals surface area (Å²) in [4.78, 5) is 12.7. The first-order chi connectivity index (χ1) is 8.75. The molecule has 3 rings (SSSR count). The number of rotatable bonds is 2. The van der Waals surface area contributed by atoms with Crippen molar-refractivity contribution in [3.05, 3.63) is 40.1 Å². The van der Waals surface area contributed by atoms with E-state index in [-0.39, 0.29) is 5.91 Å². The second kappa shape index (κ2) is 4.47. The van der Waals surface area contributed by atoms with Crippen LogP contribution in [0.4, 0.5) is 5.69 Å². The van der Waals surface area contributed by atoms with Gasteiger partial charge in [0, 0.05) is 0 Å². The maximum Gasteiger partial charge on any atom is 0.265 e. The number of anilines is 1. The molecule has 2 heterocycles. The van der Waals surface area contributed by atoms with Crippen molar-refractivity contribution in [1.82, 2.24) is 8.75 Å². The third kappa shape index (κ3) is 1.89. The molecule has 0 aliphatic heterocycles. The van der Waals surface area contributed by atoms with Crippen LogP contribution in [0.5, 0.6) is 0 Å². The number of hydrogen-bond acceptors (Lipinski definition) is 5. The molecule has 0 spiro atoms. The Balaban J connectivity index is 2.02. The summed E-state index contributed by atoms with van der Waals surface area (Å²) in [5.41, 5.74) is 3.30. The van der Waals surface area contributed by atoms with Crippen molar-refractivity contribution in [3.8, 4) is 0 Å². The molecule has 0 aliphatic carbocycles. The van der Waals surface area contributed by atoms with Gasteiger partial charge in [-0.25, -0.2) is 0 Å². The Bertz CT molecular complexity index is 703. The number of nitrogens with zero attached hydrogens (tertiary/aromatic N) is 2. The molecule has 1 amide bonds. The number of amides is 1. The summed E-state index contributed by atoms with van der Waals surface area (Å²) in [6, 6.07) is 7.51. The average Bonchev–Trinajstić information content (AvgIpc) is 3.02. The number of benzene rings is 1. The molecule has 0 saturated heterocycles. The fourth-order valence-corrected chi connectivity index (χ4v) is 2.85. The van der Waals surface area contributed by atoms with Gasteiger partial charge in [-0.2, -0.15) is 8.75 Å². The third-order valence-corrected chi connectivity index (χ3v) is 4.03. The quantitative estimate of drug-likeness (QED) is 0.780. The molecule has 0 saturated carbocycles.